The lowest BCUT2D eigenvalue weighted by Gasteiger charge is -2.10. The maximum absolute atomic E-state index is 10.0. The van der Waals surface area contributed by atoms with Crippen LogP contribution in [0.25, 0.3) is 38.9 Å². The van der Waals surface area contributed by atoms with E-state index in [1.807, 2.05) is 28.7 Å². The highest BCUT2D eigenvalue weighted by Crippen LogP contribution is 2.33. The standard InChI is InChI=1S/C25H22N6O/c26-23-14-27-13-22-24(30-25(31(22)23)21-11-18(32)12-28-21)17-7-6-16-8-9-19(29-20(16)10-17)15-4-2-1-3-5-15/h1-10,13-14,18,21,28,32H,11-12,26H2. The van der Waals surface area contributed by atoms with Crippen LogP contribution in [0.2, 0.25) is 0 Å². The minimum Gasteiger partial charge on any atom is -0.392 e. The van der Waals surface area contributed by atoms with Crippen molar-refractivity contribution < 1.29 is 5.11 Å². The molecule has 1 saturated heterocycles. The number of imidazole rings is 1. The normalized spacial score (nSPS) is 18.5. The zero-order valence-electron chi connectivity index (χ0n) is 17.3. The molecule has 5 aromatic rings. The van der Waals surface area contributed by atoms with Gasteiger partial charge in [-0.3, -0.25) is 9.38 Å². The second-order valence-electron chi connectivity index (χ2n) is 8.19. The first-order chi connectivity index (χ1) is 15.7. The van der Waals surface area contributed by atoms with Crippen LogP contribution in [0.3, 0.4) is 0 Å². The van der Waals surface area contributed by atoms with E-state index in [2.05, 4.69) is 46.7 Å². The molecule has 1 aliphatic heterocycles. The summed E-state index contributed by atoms with van der Waals surface area (Å²) in [5, 5.41) is 14.4. The Morgan fingerprint density at radius 2 is 1.81 bits per heavy atom. The number of aromatic nitrogens is 4. The van der Waals surface area contributed by atoms with Gasteiger partial charge in [-0.1, -0.05) is 48.5 Å². The van der Waals surface area contributed by atoms with Crippen LogP contribution in [0.5, 0.6) is 0 Å². The lowest BCUT2D eigenvalue weighted by molar-refractivity contribution is 0.193. The number of hydrogen-bond acceptors (Lipinski definition) is 6. The monoisotopic (exact) mass is 422 g/mol. The van der Waals surface area contributed by atoms with E-state index in [-0.39, 0.29) is 12.1 Å². The molecule has 158 valence electrons. The van der Waals surface area contributed by atoms with E-state index in [1.54, 1.807) is 12.4 Å². The molecular formula is C25H22N6O. The van der Waals surface area contributed by atoms with E-state index in [4.69, 9.17) is 15.7 Å². The molecule has 4 N–H and O–H groups in total. The van der Waals surface area contributed by atoms with Crippen LogP contribution in [0.4, 0.5) is 5.82 Å². The van der Waals surface area contributed by atoms with E-state index in [0.29, 0.717) is 18.8 Å². The molecule has 7 nitrogen and oxygen atoms in total. The Morgan fingerprint density at radius 1 is 0.969 bits per heavy atom. The third kappa shape index (κ3) is 3.10. The summed E-state index contributed by atoms with van der Waals surface area (Å²) < 4.78 is 1.93. The average Bonchev–Trinajstić information content (AvgIpc) is 3.43. The van der Waals surface area contributed by atoms with Crippen LogP contribution < -0.4 is 11.1 Å². The molecule has 2 atom stereocenters. The van der Waals surface area contributed by atoms with Gasteiger partial charge in [0.15, 0.2) is 0 Å². The van der Waals surface area contributed by atoms with Crippen molar-refractivity contribution in [2.24, 2.45) is 0 Å². The number of aliphatic hydroxyl groups is 1. The molecule has 4 heterocycles. The van der Waals surface area contributed by atoms with E-state index >= 15 is 0 Å². The molecule has 1 fully saturated rings. The van der Waals surface area contributed by atoms with Crippen molar-refractivity contribution in [2.75, 3.05) is 12.3 Å². The quantitative estimate of drug-likeness (QED) is 0.411. The number of rotatable bonds is 3. The van der Waals surface area contributed by atoms with E-state index < -0.39 is 0 Å². The van der Waals surface area contributed by atoms with Gasteiger partial charge in [-0.15, -0.1) is 0 Å². The molecule has 32 heavy (non-hydrogen) atoms. The van der Waals surface area contributed by atoms with Crippen LogP contribution in [-0.2, 0) is 0 Å². The number of aliphatic hydroxyl groups excluding tert-OH is 1. The van der Waals surface area contributed by atoms with E-state index in [1.165, 1.54) is 0 Å². The van der Waals surface area contributed by atoms with Crippen molar-refractivity contribution in [1.29, 1.82) is 0 Å². The number of fused-ring (bicyclic) bond motifs is 2. The fraction of sp³-hybridized carbons (Fsp3) is 0.160. The minimum atomic E-state index is -0.389. The van der Waals surface area contributed by atoms with Gasteiger partial charge in [0.05, 0.1) is 47.0 Å². The van der Waals surface area contributed by atoms with Crippen LogP contribution in [0, 0.1) is 0 Å². The van der Waals surface area contributed by atoms with Gasteiger partial charge in [-0.05, 0) is 18.6 Å². The largest absolute Gasteiger partial charge is 0.392 e. The number of anilines is 1. The molecule has 0 aliphatic carbocycles. The highest BCUT2D eigenvalue weighted by atomic mass is 16.3. The van der Waals surface area contributed by atoms with Gasteiger partial charge >= 0.3 is 0 Å². The second kappa shape index (κ2) is 7.40. The number of hydrogen-bond donors (Lipinski definition) is 3. The molecule has 0 bridgehead atoms. The molecule has 0 radical (unpaired) electrons. The lowest BCUT2D eigenvalue weighted by Crippen LogP contribution is -2.17. The average molecular weight is 422 g/mol. The number of nitrogens with one attached hydrogen (secondary N) is 1. The summed E-state index contributed by atoms with van der Waals surface area (Å²) in [4.78, 5) is 14.2. The number of nitrogens with two attached hydrogens (primary N) is 1. The summed E-state index contributed by atoms with van der Waals surface area (Å²) >= 11 is 0. The maximum atomic E-state index is 10.0. The Hall–Kier alpha value is -3.81. The summed E-state index contributed by atoms with van der Waals surface area (Å²) in [6.45, 7) is 0.544. The third-order valence-electron chi connectivity index (χ3n) is 6.06. The highest BCUT2D eigenvalue weighted by Gasteiger charge is 2.29. The third-order valence-corrected chi connectivity index (χ3v) is 6.06. The fourth-order valence-corrected chi connectivity index (χ4v) is 4.48. The van der Waals surface area contributed by atoms with Gasteiger partial charge in [0, 0.05) is 23.1 Å². The highest BCUT2D eigenvalue weighted by molar-refractivity contribution is 5.89. The zero-order valence-corrected chi connectivity index (χ0v) is 17.3. The van der Waals surface area contributed by atoms with Gasteiger partial charge in [0.1, 0.15) is 11.6 Å². The second-order valence-corrected chi connectivity index (χ2v) is 8.19. The minimum absolute atomic E-state index is 0.0702. The van der Waals surface area contributed by atoms with Gasteiger partial charge < -0.3 is 16.2 Å². The molecule has 6 rings (SSSR count). The number of nitrogens with zero attached hydrogens (tertiary/aromatic N) is 4. The van der Waals surface area contributed by atoms with Crippen molar-refractivity contribution in [3.05, 3.63) is 78.9 Å². The Balaban J connectivity index is 1.51. The number of pyridine rings is 1. The predicted octanol–water partition coefficient (Wildman–Crippen LogP) is 3.59. The van der Waals surface area contributed by atoms with Crippen LogP contribution >= 0.6 is 0 Å². The molecule has 0 spiro atoms. The Kier molecular flexibility index (Phi) is 4.38. The van der Waals surface area contributed by atoms with E-state index in [0.717, 1.165) is 44.8 Å². The van der Waals surface area contributed by atoms with Crippen LogP contribution in [-0.4, -0.2) is 37.1 Å². The summed E-state index contributed by atoms with van der Waals surface area (Å²) in [7, 11) is 0. The van der Waals surface area contributed by atoms with E-state index in [9.17, 15) is 5.11 Å². The first-order valence-electron chi connectivity index (χ1n) is 10.7. The smallest absolute Gasteiger partial charge is 0.133 e. The summed E-state index contributed by atoms with van der Waals surface area (Å²) in [6.07, 6.45) is 3.62. The van der Waals surface area contributed by atoms with Crippen molar-refractivity contribution in [3.8, 4) is 22.5 Å². The molecule has 0 amide bonds. The first kappa shape index (κ1) is 18.9. The van der Waals surface area contributed by atoms with Crippen molar-refractivity contribution in [1.82, 2.24) is 24.7 Å². The summed E-state index contributed by atoms with van der Waals surface area (Å²) in [6, 6.07) is 20.4. The molecule has 0 saturated carbocycles. The van der Waals surface area contributed by atoms with Gasteiger partial charge in [0.2, 0.25) is 0 Å². The molecule has 2 unspecified atom stereocenters. The van der Waals surface area contributed by atoms with Crippen molar-refractivity contribution in [2.45, 2.75) is 18.6 Å². The zero-order chi connectivity index (χ0) is 21.7. The molecule has 2 aromatic carbocycles. The molecule has 7 heteroatoms. The van der Waals surface area contributed by atoms with Crippen molar-refractivity contribution in [3.63, 3.8) is 0 Å². The number of benzene rings is 2. The van der Waals surface area contributed by atoms with Crippen LogP contribution in [0.1, 0.15) is 18.3 Å². The lowest BCUT2D eigenvalue weighted by atomic mass is 10.1. The molecule has 3 aromatic heterocycles. The Morgan fingerprint density at radius 3 is 2.62 bits per heavy atom. The Bertz CT molecular complexity index is 1450. The summed E-state index contributed by atoms with van der Waals surface area (Å²) in [5.41, 5.74) is 11.8. The summed E-state index contributed by atoms with van der Waals surface area (Å²) in [5.74, 6) is 1.31. The topological polar surface area (TPSA) is 101 Å². The Labute approximate surface area is 184 Å². The van der Waals surface area contributed by atoms with Crippen molar-refractivity contribution >= 4 is 22.2 Å². The number of β-amino-alcohol motifs (C(OH)–C–C–N with tert-alkyl or cyclic N) is 1. The molecule has 1 aliphatic rings. The molecular weight excluding hydrogens is 400 g/mol. The fourth-order valence-electron chi connectivity index (χ4n) is 4.48. The van der Waals surface area contributed by atoms with Gasteiger partial charge in [-0.25, -0.2) is 9.97 Å². The number of nitrogen functional groups attached to an aromatic ring is 1. The predicted molar refractivity (Wildman–Crippen MR) is 125 cm³/mol. The maximum Gasteiger partial charge on any atom is 0.133 e. The van der Waals surface area contributed by atoms with Crippen LogP contribution in [0.15, 0.2) is 73.1 Å². The SMILES string of the molecule is Nc1cncc2c(-c3ccc4ccc(-c5ccccc5)nc4c3)nc(C3CC(O)CN3)n12. The first-order valence-corrected chi connectivity index (χ1v) is 10.7. The van der Waals surface area contributed by atoms with Gasteiger partial charge in [-0.2, -0.15) is 0 Å². The van der Waals surface area contributed by atoms with Gasteiger partial charge in [0.25, 0.3) is 0 Å².